The Labute approximate surface area is 172 Å². The molecule has 4 bridgehead atoms. The van der Waals surface area contributed by atoms with E-state index in [0.717, 1.165) is 51.4 Å². The number of esters is 1. The molecule has 0 heterocycles. The summed E-state index contributed by atoms with van der Waals surface area (Å²) in [6, 6.07) is 8.35. The maximum Gasteiger partial charge on any atom is 0.312 e. The fourth-order valence-corrected chi connectivity index (χ4v) is 7.14. The molecule has 0 radical (unpaired) electrons. The van der Waals surface area contributed by atoms with E-state index in [4.69, 9.17) is 4.74 Å². The van der Waals surface area contributed by atoms with Crippen LogP contribution in [0.5, 0.6) is 0 Å². The van der Waals surface area contributed by atoms with Gasteiger partial charge in [-0.3, -0.25) is 9.59 Å². The zero-order valence-corrected chi connectivity index (χ0v) is 17.2. The molecule has 1 amide bonds. The molecule has 5 atom stereocenters. The summed E-state index contributed by atoms with van der Waals surface area (Å²) in [5.41, 5.74) is 1.25. The molecule has 1 N–H and O–H groups in total. The van der Waals surface area contributed by atoms with Crippen molar-refractivity contribution < 1.29 is 19.4 Å². The van der Waals surface area contributed by atoms with E-state index in [2.05, 4.69) is 12.1 Å². The molecule has 4 fully saturated rings. The molecule has 5 heteroatoms. The van der Waals surface area contributed by atoms with E-state index < -0.39 is 11.0 Å². The second kappa shape index (κ2) is 6.83. The lowest BCUT2D eigenvalue weighted by Gasteiger charge is -2.58. The predicted molar refractivity (Wildman–Crippen MR) is 108 cm³/mol. The summed E-state index contributed by atoms with van der Waals surface area (Å²) in [4.78, 5) is 27.6. The van der Waals surface area contributed by atoms with Crippen LogP contribution in [0, 0.1) is 17.3 Å². The van der Waals surface area contributed by atoms with Crippen molar-refractivity contribution >= 4 is 11.9 Å². The van der Waals surface area contributed by atoms with E-state index in [1.165, 1.54) is 11.1 Å². The van der Waals surface area contributed by atoms with Crippen LogP contribution in [0.3, 0.4) is 0 Å². The summed E-state index contributed by atoms with van der Waals surface area (Å²) < 4.78 is 5.59. The van der Waals surface area contributed by atoms with Crippen molar-refractivity contribution in [3.8, 4) is 0 Å². The van der Waals surface area contributed by atoms with Gasteiger partial charge in [0.25, 0.3) is 5.91 Å². The molecule has 0 aliphatic heterocycles. The van der Waals surface area contributed by atoms with Gasteiger partial charge in [-0.25, -0.2) is 0 Å². The number of ether oxygens (including phenoxy) is 1. The Morgan fingerprint density at radius 2 is 1.90 bits per heavy atom. The number of fused-ring (bicyclic) bond motifs is 1. The molecule has 0 saturated heterocycles. The molecular weight excluding hydrogens is 366 g/mol. The average Bonchev–Trinajstić information content (AvgIpc) is 2.69. The van der Waals surface area contributed by atoms with Crippen LogP contribution in [0.4, 0.5) is 0 Å². The van der Waals surface area contributed by atoms with Crippen molar-refractivity contribution in [2.45, 2.75) is 69.4 Å². The lowest BCUT2D eigenvalue weighted by atomic mass is 9.48. The lowest BCUT2D eigenvalue weighted by Crippen LogP contribution is -2.58. The van der Waals surface area contributed by atoms with Crippen LogP contribution < -0.4 is 0 Å². The highest BCUT2D eigenvalue weighted by atomic mass is 16.5. The minimum absolute atomic E-state index is 0.0476. The molecule has 4 saturated carbocycles. The standard InChI is InChI=1S/C24H31NO4/c1-25(20-8-4-6-18-5-2-3-7-19(18)20)21(26)14-29-22(27)23-10-16-9-17(11-23)13-24(28,12-16)15-23/h2-3,5,7,16-17,20,28H,4,6,8-15H2,1H3/t16-,17+,20-,23?,24?/m0/s1. The van der Waals surface area contributed by atoms with E-state index >= 15 is 0 Å². The van der Waals surface area contributed by atoms with Crippen LogP contribution >= 0.6 is 0 Å². The zero-order valence-electron chi connectivity index (χ0n) is 17.2. The van der Waals surface area contributed by atoms with E-state index in [1.807, 2.05) is 19.2 Å². The molecule has 1 aromatic rings. The molecule has 0 spiro atoms. The third-order valence-electron chi connectivity index (χ3n) is 7.99. The first-order chi connectivity index (χ1) is 13.9. The van der Waals surface area contributed by atoms with Gasteiger partial charge in [0.1, 0.15) is 0 Å². The highest BCUT2D eigenvalue weighted by molar-refractivity contribution is 5.83. The quantitative estimate of drug-likeness (QED) is 0.791. The van der Waals surface area contributed by atoms with E-state index in [1.54, 1.807) is 4.90 Å². The van der Waals surface area contributed by atoms with Gasteiger partial charge in [-0.2, -0.15) is 0 Å². The predicted octanol–water partition coefficient (Wildman–Crippen LogP) is 3.40. The van der Waals surface area contributed by atoms with Gasteiger partial charge in [0.15, 0.2) is 6.61 Å². The third kappa shape index (κ3) is 3.27. The molecule has 5 aliphatic rings. The molecule has 29 heavy (non-hydrogen) atoms. The van der Waals surface area contributed by atoms with Crippen LogP contribution in [-0.4, -0.2) is 41.1 Å². The molecule has 1 aromatic carbocycles. The summed E-state index contributed by atoms with van der Waals surface area (Å²) in [6.45, 7) is -0.205. The fraction of sp³-hybridized carbons (Fsp3) is 0.667. The minimum Gasteiger partial charge on any atom is -0.455 e. The number of carbonyl (C=O) groups excluding carboxylic acids is 2. The number of aliphatic hydroxyl groups is 1. The van der Waals surface area contributed by atoms with Crippen LogP contribution in [-0.2, 0) is 20.7 Å². The van der Waals surface area contributed by atoms with Crippen molar-refractivity contribution in [2.75, 3.05) is 13.7 Å². The number of nitrogens with zero attached hydrogens (tertiary/aromatic N) is 1. The van der Waals surface area contributed by atoms with Crippen molar-refractivity contribution in [3.05, 3.63) is 35.4 Å². The van der Waals surface area contributed by atoms with Gasteiger partial charge in [0.2, 0.25) is 0 Å². The smallest absolute Gasteiger partial charge is 0.312 e. The number of likely N-dealkylation sites (N-methyl/N-ethyl adjacent to an activating group) is 1. The maximum atomic E-state index is 13.0. The van der Waals surface area contributed by atoms with Crippen LogP contribution in [0.2, 0.25) is 0 Å². The molecule has 156 valence electrons. The van der Waals surface area contributed by atoms with Gasteiger partial charge in [0, 0.05) is 7.05 Å². The molecule has 5 aliphatic carbocycles. The highest BCUT2D eigenvalue weighted by Gasteiger charge is 2.61. The van der Waals surface area contributed by atoms with Crippen LogP contribution in [0.25, 0.3) is 0 Å². The Morgan fingerprint density at radius 3 is 2.62 bits per heavy atom. The van der Waals surface area contributed by atoms with Crippen LogP contribution in [0.1, 0.15) is 68.5 Å². The Kier molecular flexibility index (Phi) is 4.50. The zero-order chi connectivity index (χ0) is 20.2. The number of aryl methyl sites for hydroxylation is 1. The van der Waals surface area contributed by atoms with Gasteiger partial charge in [0.05, 0.1) is 17.1 Å². The van der Waals surface area contributed by atoms with E-state index in [9.17, 15) is 14.7 Å². The Balaban J connectivity index is 1.24. The molecular formula is C24H31NO4. The van der Waals surface area contributed by atoms with Crippen LogP contribution in [0.15, 0.2) is 24.3 Å². The number of hydrogen-bond donors (Lipinski definition) is 1. The fourth-order valence-electron chi connectivity index (χ4n) is 7.14. The first-order valence-electron chi connectivity index (χ1n) is 11.1. The SMILES string of the molecule is CN(C(=O)COC(=O)C12C[C@@H]3C[C@@H](CC(O)(C3)C1)C2)[C@H]1CCCc2ccccc21. The maximum absolute atomic E-state index is 13.0. The van der Waals surface area contributed by atoms with Gasteiger partial charge < -0.3 is 14.7 Å². The van der Waals surface area contributed by atoms with Gasteiger partial charge >= 0.3 is 5.97 Å². The monoisotopic (exact) mass is 397 g/mol. The number of amides is 1. The first kappa shape index (κ1) is 19.1. The van der Waals surface area contributed by atoms with Gasteiger partial charge in [-0.1, -0.05) is 24.3 Å². The number of benzene rings is 1. The number of rotatable bonds is 4. The minimum atomic E-state index is -0.699. The first-order valence-corrected chi connectivity index (χ1v) is 11.1. The van der Waals surface area contributed by atoms with E-state index in [0.29, 0.717) is 18.3 Å². The summed E-state index contributed by atoms with van der Waals surface area (Å²) in [7, 11) is 1.82. The molecule has 2 unspecified atom stereocenters. The largest absolute Gasteiger partial charge is 0.455 e. The summed E-state index contributed by atoms with van der Waals surface area (Å²) in [5, 5.41) is 10.9. The van der Waals surface area contributed by atoms with Gasteiger partial charge in [-0.15, -0.1) is 0 Å². The number of carbonyl (C=O) groups is 2. The molecule has 0 aromatic heterocycles. The van der Waals surface area contributed by atoms with Crippen molar-refractivity contribution in [1.29, 1.82) is 0 Å². The van der Waals surface area contributed by atoms with E-state index in [-0.39, 0.29) is 24.5 Å². The third-order valence-corrected chi connectivity index (χ3v) is 7.99. The lowest BCUT2D eigenvalue weighted by molar-refractivity contribution is -0.197. The summed E-state index contributed by atoms with van der Waals surface area (Å²) >= 11 is 0. The van der Waals surface area contributed by atoms with Crippen molar-refractivity contribution in [1.82, 2.24) is 4.90 Å². The highest BCUT2D eigenvalue weighted by Crippen LogP contribution is 2.62. The van der Waals surface area contributed by atoms with Crippen molar-refractivity contribution in [2.24, 2.45) is 17.3 Å². The normalized spacial score (nSPS) is 37.1. The topological polar surface area (TPSA) is 66.8 Å². The average molecular weight is 398 g/mol. The van der Waals surface area contributed by atoms with Crippen molar-refractivity contribution in [3.63, 3.8) is 0 Å². The second-order valence-corrected chi connectivity index (χ2v) is 10.2. The second-order valence-electron chi connectivity index (χ2n) is 10.2. The number of hydrogen-bond acceptors (Lipinski definition) is 4. The Morgan fingerprint density at radius 1 is 1.17 bits per heavy atom. The molecule has 5 nitrogen and oxygen atoms in total. The Hall–Kier alpha value is -1.88. The summed E-state index contributed by atoms with van der Waals surface area (Å²) in [5.74, 6) is 0.427. The molecule has 6 rings (SSSR count). The Bertz CT molecular complexity index is 820. The summed E-state index contributed by atoms with van der Waals surface area (Å²) in [6.07, 6.45) is 7.94. The van der Waals surface area contributed by atoms with Gasteiger partial charge in [-0.05, 0) is 80.8 Å².